The van der Waals surface area contributed by atoms with E-state index in [0.717, 1.165) is 35.7 Å². The number of amides is 1. The number of nitrogens with one attached hydrogen (secondary N) is 1. The van der Waals surface area contributed by atoms with Crippen LogP contribution in [-0.4, -0.2) is 65.0 Å². The Morgan fingerprint density at radius 2 is 1.81 bits per heavy atom. The number of pyridine rings is 2. The fraction of sp³-hybridized carbons (Fsp3) is 0.348. The smallest absolute Gasteiger partial charge is 0.254 e. The Bertz CT molecular complexity index is 1050. The minimum absolute atomic E-state index is 0.0556. The minimum Gasteiger partial charge on any atom is -0.373 e. The van der Waals surface area contributed by atoms with E-state index in [2.05, 4.69) is 20.3 Å². The van der Waals surface area contributed by atoms with Gasteiger partial charge in [-0.3, -0.25) is 9.78 Å². The predicted octanol–water partition coefficient (Wildman–Crippen LogP) is 3.06. The maximum Gasteiger partial charge on any atom is 0.254 e. The van der Waals surface area contributed by atoms with Crippen LogP contribution in [0.3, 0.4) is 0 Å². The van der Waals surface area contributed by atoms with Crippen molar-refractivity contribution in [3.05, 3.63) is 60.2 Å². The Balaban J connectivity index is 1.49. The van der Waals surface area contributed by atoms with Crippen molar-refractivity contribution < 1.29 is 4.79 Å². The molecule has 0 aromatic carbocycles. The van der Waals surface area contributed by atoms with Crippen LogP contribution in [0, 0.1) is 0 Å². The van der Waals surface area contributed by atoms with Gasteiger partial charge in [0, 0.05) is 81.6 Å². The van der Waals surface area contributed by atoms with Gasteiger partial charge in [0.25, 0.3) is 5.91 Å². The summed E-state index contributed by atoms with van der Waals surface area (Å²) >= 11 is 0. The molecule has 160 valence electrons. The Labute approximate surface area is 182 Å². The van der Waals surface area contributed by atoms with Crippen molar-refractivity contribution >= 4 is 17.5 Å². The Morgan fingerprint density at radius 1 is 1.06 bits per heavy atom. The van der Waals surface area contributed by atoms with Gasteiger partial charge >= 0.3 is 0 Å². The van der Waals surface area contributed by atoms with Gasteiger partial charge in [0.05, 0.1) is 0 Å². The first-order chi connectivity index (χ1) is 15.0. The van der Waals surface area contributed by atoms with Crippen LogP contribution in [-0.2, 0) is 0 Å². The van der Waals surface area contributed by atoms with Crippen LogP contribution < -0.4 is 10.2 Å². The van der Waals surface area contributed by atoms with Crippen molar-refractivity contribution in [3.8, 4) is 11.4 Å². The molecule has 1 aliphatic rings. The maximum atomic E-state index is 13.0. The number of rotatable bonds is 5. The van der Waals surface area contributed by atoms with Gasteiger partial charge in [-0.2, -0.15) is 0 Å². The molecule has 0 atom stereocenters. The van der Waals surface area contributed by atoms with Gasteiger partial charge in [0.15, 0.2) is 5.82 Å². The Morgan fingerprint density at radius 3 is 2.48 bits per heavy atom. The zero-order valence-corrected chi connectivity index (χ0v) is 18.1. The molecule has 0 bridgehead atoms. The lowest BCUT2D eigenvalue weighted by atomic mass is 9.92. The second-order valence-electron chi connectivity index (χ2n) is 7.85. The molecule has 0 radical (unpaired) electrons. The van der Waals surface area contributed by atoms with E-state index < -0.39 is 0 Å². The molecule has 3 aromatic rings. The highest BCUT2D eigenvalue weighted by molar-refractivity contribution is 5.94. The number of piperidine rings is 1. The minimum atomic E-state index is 0.0556. The summed E-state index contributed by atoms with van der Waals surface area (Å²) in [5.74, 6) is 2.61. The summed E-state index contributed by atoms with van der Waals surface area (Å²) in [4.78, 5) is 34.6. The number of carbonyl (C=O) groups is 1. The lowest BCUT2D eigenvalue weighted by molar-refractivity contribution is 0.0712. The van der Waals surface area contributed by atoms with E-state index in [1.807, 2.05) is 55.2 Å². The zero-order valence-electron chi connectivity index (χ0n) is 18.1. The molecule has 1 fully saturated rings. The molecule has 8 heteroatoms. The van der Waals surface area contributed by atoms with Crippen molar-refractivity contribution in [2.75, 3.05) is 44.4 Å². The first kappa shape index (κ1) is 20.7. The third-order valence-corrected chi connectivity index (χ3v) is 5.59. The van der Waals surface area contributed by atoms with Crippen LogP contribution in [0.4, 0.5) is 11.6 Å². The van der Waals surface area contributed by atoms with E-state index in [0.29, 0.717) is 24.5 Å². The summed E-state index contributed by atoms with van der Waals surface area (Å²) in [7, 11) is 5.70. The average molecular weight is 418 g/mol. The molecule has 0 saturated carbocycles. The molecule has 0 spiro atoms. The predicted molar refractivity (Wildman–Crippen MR) is 121 cm³/mol. The Kier molecular flexibility index (Phi) is 6.06. The monoisotopic (exact) mass is 417 g/mol. The van der Waals surface area contributed by atoms with Crippen molar-refractivity contribution in [3.63, 3.8) is 0 Å². The summed E-state index contributed by atoms with van der Waals surface area (Å²) in [5.41, 5.74) is 2.63. The highest BCUT2D eigenvalue weighted by Crippen LogP contribution is 2.30. The fourth-order valence-corrected chi connectivity index (χ4v) is 3.79. The number of aromatic nitrogens is 4. The second-order valence-corrected chi connectivity index (χ2v) is 7.85. The molecular formula is C23H27N7O. The van der Waals surface area contributed by atoms with Crippen LogP contribution in [0.25, 0.3) is 11.4 Å². The molecule has 8 nitrogen and oxygen atoms in total. The number of hydrogen-bond acceptors (Lipinski definition) is 7. The van der Waals surface area contributed by atoms with E-state index in [1.54, 1.807) is 24.7 Å². The summed E-state index contributed by atoms with van der Waals surface area (Å²) in [6, 6.07) is 9.47. The first-order valence-electron chi connectivity index (χ1n) is 10.4. The van der Waals surface area contributed by atoms with Crippen molar-refractivity contribution in [1.82, 2.24) is 24.8 Å². The van der Waals surface area contributed by atoms with Crippen molar-refractivity contribution in [2.45, 2.75) is 18.8 Å². The van der Waals surface area contributed by atoms with E-state index in [4.69, 9.17) is 4.98 Å². The Hall–Kier alpha value is -3.55. The molecule has 1 aliphatic heterocycles. The van der Waals surface area contributed by atoms with Crippen LogP contribution >= 0.6 is 0 Å². The summed E-state index contributed by atoms with van der Waals surface area (Å²) in [6.07, 6.45) is 6.92. The lowest BCUT2D eigenvalue weighted by Gasteiger charge is -2.32. The molecule has 1 saturated heterocycles. The summed E-state index contributed by atoms with van der Waals surface area (Å²) in [5, 5.41) is 3.14. The summed E-state index contributed by atoms with van der Waals surface area (Å²) < 4.78 is 0. The van der Waals surface area contributed by atoms with Gasteiger partial charge in [0.1, 0.15) is 11.6 Å². The third kappa shape index (κ3) is 4.63. The van der Waals surface area contributed by atoms with Gasteiger partial charge in [-0.25, -0.2) is 15.0 Å². The number of hydrogen-bond donors (Lipinski definition) is 1. The topological polar surface area (TPSA) is 87.1 Å². The van der Waals surface area contributed by atoms with Gasteiger partial charge < -0.3 is 15.1 Å². The van der Waals surface area contributed by atoms with Gasteiger partial charge in [-0.1, -0.05) is 0 Å². The number of anilines is 2. The van der Waals surface area contributed by atoms with Gasteiger partial charge in [0.2, 0.25) is 0 Å². The largest absolute Gasteiger partial charge is 0.373 e. The summed E-state index contributed by atoms with van der Waals surface area (Å²) in [6.45, 7) is 1.40. The maximum absolute atomic E-state index is 13.0. The SMILES string of the molecule is CNc1cc(C2CCN(C(=O)c3ccnc(N(C)C)c3)CC2)nc(-c2ccncc2)n1. The van der Waals surface area contributed by atoms with Gasteiger partial charge in [-0.05, 0) is 37.1 Å². The lowest BCUT2D eigenvalue weighted by Crippen LogP contribution is -2.38. The van der Waals surface area contributed by atoms with E-state index in [-0.39, 0.29) is 11.8 Å². The quantitative estimate of drug-likeness (QED) is 0.683. The van der Waals surface area contributed by atoms with Crippen molar-refractivity contribution in [2.24, 2.45) is 0 Å². The molecule has 1 N–H and O–H groups in total. The second kappa shape index (κ2) is 9.07. The fourth-order valence-electron chi connectivity index (χ4n) is 3.79. The third-order valence-electron chi connectivity index (χ3n) is 5.59. The van der Waals surface area contributed by atoms with E-state index >= 15 is 0 Å². The molecule has 0 unspecified atom stereocenters. The van der Waals surface area contributed by atoms with E-state index in [1.165, 1.54) is 0 Å². The highest BCUT2D eigenvalue weighted by Gasteiger charge is 2.26. The normalized spacial score (nSPS) is 14.4. The number of carbonyl (C=O) groups excluding carboxylic acids is 1. The van der Waals surface area contributed by atoms with Crippen molar-refractivity contribution in [1.29, 1.82) is 0 Å². The van der Waals surface area contributed by atoms with Crippen LogP contribution in [0.2, 0.25) is 0 Å². The highest BCUT2D eigenvalue weighted by atomic mass is 16.2. The zero-order chi connectivity index (χ0) is 21.8. The number of likely N-dealkylation sites (tertiary alicyclic amines) is 1. The molecular weight excluding hydrogens is 390 g/mol. The standard InChI is InChI=1S/C23H27N7O/c1-24-20-15-19(27-22(28-20)17-4-9-25-10-5-17)16-7-12-30(13-8-16)23(31)18-6-11-26-21(14-18)29(2)3/h4-6,9-11,14-16H,7-8,12-13H2,1-3H3,(H,24,27,28). The van der Waals surface area contributed by atoms with E-state index in [9.17, 15) is 4.79 Å². The van der Waals surface area contributed by atoms with Crippen LogP contribution in [0.5, 0.6) is 0 Å². The number of nitrogens with zero attached hydrogens (tertiary/aromatic N) is 6. The molecule has 31 heavy (non-hydrogen) atoms. The molecule has 4 heterocycles. The molecule has 1 amide bonds. The first-order valence-corrected chi connectivity index (χ1v) is 10.4. The van der Waals surface area contributed by atoms with Crippen LogP contribution in [0.15, 0.2) is 48.9 Å². The van der Waals surface area contributed by atoms with Gasteiger partial charge in [-0.15, -0.1) is 0 Å². The van der Waals surface area contributed by atoms with Crippen LogP contribution in [0.1, 0.15) is 34.8 Å². The molecule has 4 rings (SSSR count). The molecule has 3 aromatic heterocycles. The average Bonchev–Trinajstić information content (AvgIpc) is 2.84. The molecule has 0 aliphatic carbocycles.